The van der Waals surface area contributed by atoms with Crippen molar-refractivity contribution in [1.29, 1.82) is 0 Å². The summed E-state index contributed by atoms with van der Waals surface area (Å²) in [6.07, 6.45) is 7.33. The molecule has 28 heavy (non-hydrogen) atoms. The molecular formula is C19H20N6O2S. The van der Waals surface area contributed by atoms with Crippen LogP contribution in [0.2, 0.25) is 0 Å². The van der Waals surface area contributed by atoms with Crippen LogP contribution in [0.5, 0.6) is 0 Å². The lowest BCUT2D eigenvalue weighted by atomic mass is 10.2. The van der Waals surface area contributed by atoms with Gasteiger partial charge in [-0.2, -0.15) is 5.10 Å². The largest absolute Gasteiger partial charge is 0.335 e. The van der Waals surface area contributed by atoms with E-state index in [-0.39, 0.29) is 17.7 Å². The first kappa shape index (κ1) is 18.4. The molecule has 2 heterocycles. The molecule has 0 bridgehead atoms. The molecule has 0 atom stereocenters. The van der Waals surface area contributed by atoms with E-state index in [1.165, 1.54) is 18.1 Å². The van der Waals surface area contributed by atoms with Crippen molar-refractivity contribution in [3.63, 3.8) is 0 Å². The van der Waals surface area contributed by atoms with Crippen LogP contribution in [0.4, 0.5) is 4.79 Å². The molecule has 4 rings (SSSR count). The lowest BCUT2D eigenvalue weighted by Crippen LogP contribution is -2.44. The second-order valence-corrected chi connectivity index (χ2v) is 7.56. The minimum absolute atomic E-state index is 0.0840. The number of urea groups is 1. The summed E-state index contributed by atoms with van der Waals surface area (Å²) in [6.45, 7) is 0. The minimum Gasteiger partial charge on any atom is -0.335 e. The van der Waals surface area contributed by atoms with Crippen molar-refractivity contribution < 1.29 is 9.59 Å². The third-order valence-electron chi connectivity index (χ3n) is 4.61. The molecular weight excluding hydrogens is 376 g/mol. The monoisotopic (exact) mass is 396 g/mol. The Morgan fingerprint density at radius 1 is 1.14 bits per heavy atom. The fourth-order valence-corrected chi connectivity index (χ4v) is 4.05. The van der Waals surface area contributed by atoms with Crippen LogP contribution in [0.1, 0.15) is 25.7 Å². The van der Waals surface area contributed by atoms with Crippen LogP contribution in [-0.4, -0.2) is 43.5 Å². The van der Waals surface area contributed by atoms with Crippen LogP contribution in [0.3, 0.4) is 0 Å². The van der Waals surface area contributed by atoms with E-state index in [4.69, 9.17) is 0 Å². The molecule has 2 aromatic heterocycles. The highest BCUT2D eigenvalue weighted by Gasteiger charge is 2.19. The molecule has 0 aliphatic heterocycles. The standard InChI is InChI=1S/C19H20N6O2S/c26-16(24-19(27)23-13-6-4-5-7-13)11-28-18-15-10-22-25(17(15)20-12-21-18)14-8-2-1-3-9-14/h1-3,8-10,12-13H,4-7,11H2,(H2,23,24,26,27). The molecule has 144 valence electrons. The third kappa shape index (κ3) is 4.14. The van der Waals surface area contributed by atoms with Crippen molar-refractivity contribution in [1.82, 2.24) is 30.4 Å². The maximum absolute atomic E-state index is 12.1. The van der Waals surface area contributed by atoms with Crippen LogP contribution in [0.15, 0.2) is 47.9 Å². The maximum Gasteiger partial charge on any atom is 0.321 e. The van der Waals surface area contributed by atoms with E-state index in [0.717, 1.165) is 36.8 Å². The quantitative estimate of drug-likeness (QED) is 0.508. The number of imide groups is 1. The van der Waals surface area contributed by atoms with Gasteiger partial charge in [0.15, 0.2) is 5.65 Å². The highest BCUT2D eigenvalue weighted by molar-refractivity contribution is 8.00. The minimum atomic E-state index is -0.428. The Balaban J connectivity index is 1.40. The zero-order valence-electron chi connectivity index (χ0n) is 15.2. The van der Waals surface area contributed by atoms with Gasteiger partial charge in [-0.15, -0.1) is 0 Å². The topological polar surface area (TPSA) is 102 Å². The first-order chi connectivity index (χ1) is 13.7. The first-order valence-corrected chi connectivity index (χ1v) is 10.2. The Kier molecular flexibility index (Phi) is 5.52. The van der Waals surface area contributed by atoms with E-state index in [1.807, 2.05) is 30.3 Å². The van der Waals surface area contributed by atoms with Gasteiger partial charge in [-0.1, -0.05) is 42.8 Å². The molecule has 1 fully saturated rings. The summed E-state index contributed by atoms with van der Waals surface area (Å²) in [7, 11) is 0. The molecule has 0 unspecified atom stereocenters. The average molecular weight is 396 g/mol. The van der Waals surface area contributed by atoms with Gasteiger partial charge < -0.3 is 5.32 Å². The molecule has 0 saturated heterocycles. The lowest BCUT2D eigenvalue weighted by Gasteiger charge is -2.12. The van der Waals surface area contributed by atoms with E-state index < -0.39 is 6.03 Å². The number of thioether (sulfide) groups is 1. The predicted octanol–water partition coefficient (Wildman–Crippen LogP) is 2.68. The summed E-state index contributed by atoms with van der Waals surface area (Å²) in [5, 5.41) is 11.0. The van der Waals surface area contributed by atoms with Crippen molar-refractivity contribution in [3.05, 3.63) is 42.9 Å². The number of para-hydroxylation sites is 1. The fraction of sp³-hybridized carbons (Fsp3) is 0.316. The number of hydrogen-bond donors (Lipinski definition) is 2. The van der Waals surface area contributed by atoms with Crippen LogP contribution in [0, 0.1) is 0 Å². The number of aromatic nitrogens is 4. The zero-order valence-corrected chi connectivity index (χ0v) is 16.0. The number of hydrogen-bond acceptors (Lipinski definition) is 6. The van der Waals surface area contributed by atoms with Gasteiger partial charge in [-0.25, -0.2) is 19.4 Å². The second kappa shape index (κ2) is 8.39. The normalized spacial score (nSPS) is 14.3. The summed E-state index contributed by atoms with van der Waals surface area (Å²) in [5.41, 5.74) is 1.57. The molecule has 9 heteroatoms. The van der Waals surface area contributed by atoms with Crippen molar-refractivity contribution in [2.45, 2.75) is 36.8 Å². The van der Waals surface area contributed by atoms with Gasteiger partial charge in [-0.3, -0.25) is 10.1 Å². The number of nitrogens with zero attached hydrogens (tertiary/aromatic N) is 4. The van der Waals surface area contributed by atoms with Crippen LogP contribution in [-0.2, 0) is 4.79 Å². The van der Waals surface area contributed by atoms with Gasteiger partial charge in [0.1, 0.15) is 11.4 Å². The Labute approximate surface area is 166 Å². The van der Waals surface area contributed by atoms with Gasteiger partial charge in [0.25, 0.3) is 0 Å². The van der Waals surface area contributed by atoms with Crippen molar-refractivity contribution in [2.75, 3.05) is 5.75 Å². The van der Waals surface area contributed by atoms with Crippen LogP contribution in [0.25, 0.3) is 16.7 Å². The number of benzene rings is 1. The second-order valence-electron chi connectivity index (χ2n) is 6.60. The van der Waals surface area contributed by atoms with Gasteiger partial charge in [0.2, 0.25) is 5.91 Å². The van der Waals surface area contributed by atoms with Crippen LogP contribution >= 0.6 is 11.8 Å². The summed E-state index contributed by atoms with van der Waals surface area (Å²) in [4.78, 5) is 32.6. The third-order valence-corrected chi connectivity index (χ3v) is 5.62. The summed E-state index contributed by atoms with van der Waals surface area (Å²) in [6, 6.07) is 9.43. The highest BCUT2D eigenvalue weighted by Crippen LogP contribution is 2.25. The highest BCUT2D eigenvalue weighted by atomic mass is 32.2. The van der Waals surface area contributed by atoms with Gasteiger partial charge in [-0.05, 0) is 25.0 Å². The SMILES string of the molecule is O=C(CSc1ncnc2c1cnn2-c1ccccc1)NC(=O)NC1CCCC1. The molecule has 1 aliphatic carbocycles. The lowest BCUT2D eigenvalue weighted by molar-refractivity contribution is -0.117. The number of carbonyl (C=O) groups is 2. The van der Waals surface area contributed by atoms with Crippen molar-refractivity contribution in [3.8, 4) is 5.69 Å². The number of rotatable bonds is 5. The molecule has 0 spiro atoms. The molecule has 1 aliphatic rings. The van der Waals surface area contributed by atoms with E-state index in [9.17, 15) is 9.59 Å². The molecule has 8 nitrogen and oxygen atoms in total. The van der Waals surface area contributed by atoms with E-state index in [2.05, 4.69) is 25.7 Å². The van der Waals surface area contributed by atoms with Crippen molar-refractivity contribution >= 4 is 34.7 Å². The molecule has 3 aromatic rings. The number of carbonyl (C=O) groups excluding carboxylic acids is 2. The van der Waals surface area contributed by atoms with Crippen LogP contribution < -0.4 is 10.6 Å². The Morgan fingerprint density at radius 3 is 2.71 bits per heavy atom. The number of amides is 3. The summed E-state index contributed by atoms with van der Waals surface area (Å²) < 4.78 is 1.73. The summed E-state index contributed by atoms with van der Waals surface area (Å²) >= 11 is 1.25. The molecule has 2 N–H and O–H groups in total. The predicted molar refractivity (Wildman–Crippen MR) is 106 cm³/mol. The van der Waals surface area contributed by atoms with E-state index >= 15 is 0 Å². The Morgan fingerprint density at radius 2 is 1.93 bits per heavy atom. The molecule has 1 saturated carbocycles. The van der Waals surface area contributed by atoms with E-state index in [0.29, 0.717) is 10.7 Å². The fourth-order valence-electron chi connectivity index (χ4n) is 3.28. The number of fused-ring (bicyclic) bond motifs is 1. The van der Waals surface area contributed by atoms with E-state index in [1.54, 1.807) is 10.9 Å². The van der Waals surface area contributed by atoms with Gasteiger partial charge >= 0.3 is 6.03 Å². The average Bonchev–Trinajstić information content (AvgIpc) is 3.36. The Hall–Kier alpha value is -2.94. The van der Waals surface area contributed by atoms with Gasteiger partial charge in [0, 0.05) is 6.04 Å². The Bertz CT molecular complexity index is 985. The smallest absolute Gasteiger partial charge is 0.321 e. The van der Waals surface area contributed by atoms with Crippen molar-refractivity contribution in [2.24, 2.45) is 0 Å². The molecule has 1 aromatic carbocycles. The maximum atomic E-state index is 12.1. The first-order valence-electron chi connectivity index (χ1n) is 9.18. The summed E-state index contributed by atoms with van der Waals surface area (Å²) in [5.74, 6) is -0.275. The molecule has 3 amide bonds. The zero-order chi connectivity index (χ0) is 19.3. The van der Waals surface area contributed by atoms with Gasteiger partial charge in [0.05, 0.1) is 23.0 Å². The molecule has 0 radical (unpaired) electrons. The number of nitrogens with one attached hydrogen (secondary N) is 2.